The molecular weight excluding hydrogens is 250 g/mol. The molecule has 0 aromatic carbocycles. The summed E-state index contributed by atoms with van der Waals surface area (Å²) in [6.07, 6.45) is 8.07. The van der Waals surface area contributed by atoms with Gasteiger partial charge in [-0.2, -0.15) is 0 Å². The number of amides is 1. The van der Waals surface area contributed by atoms with Crippen LogP contribution in [0.1, 0.15) is 38.5 Å². The van der Waals surface area contributed by atoms with Gasteiger partial charge in [0.1, 0.15) is 0 Å². The Morgan fingerprint density at radius 3 is 2.70 bits per heavy atom. The summed E-state index contributed by atoms with van der Waals surface area (Å²) in [4.78, 5) is 16.9. The largest absolute Gasteiger partial charge is 0.340 e. The third-order valence-electron chi connectivity index (χ3n) is 5.43. The lowest BCUT2D eigenvalue weighted by Crippen LogP contribution is -2.47. The molecule has 3 rings (SSSR count). The molecule has 2 heterocycles. The molecule has 1 amide bonds. The topological polar surface area (TPSA) is 35.6 Å². The predicted octanol–water partition coefficient (Wildman–Crippen LogP) is 1.32. The molecule has 0 aromatic rings. The lowest BCUT2D eigenvalue weighted by molar-refractivity contribution is -0.133. The number of fused-ring (bicyclic) bond motifs is 1. The first-order chi connectivity index (χ1) is 9.83. The van der Waals surface area contributed by atoms with Gasteiger partial charge in [-0.3, -0.25) is 9.69 Å². The maximum atomic E-state index is 12.4. The van der Waals surface area contributed by atoms with E-state index >= 15 is 0 Å². The first kappa shape index (κ1) is 14.3. The molecule has 0 radical (unpaired) electrons. The second-order valence-corrected chi connectivity index (χ2v) is 6.81. The molecule has 0 bridgehead atoms. The van der Waals surface area contributed by atoms with Crippen molar-refractivity contribution in [2.75, 3.05) is 45.8 Å². The molecule has 1 N–H and O–H groups in total. The Balaban J connectivity index is 1.48. The van der Waals surface area contributed by atoms with E-state index in [0.29, 0.717) is 12.5 Å². The summed E-state index contributed by atoms with van der Waals surface area (Å²) in [7, 11) is 0. The predicted molar refractivity (Wildman–Crippen MR) is 80.6 cm³/mol. The van der Waals surface area contributed by atoms with E-state index in [1.54, 1.807) is 0 Å². The van der Waals surface area contributed by atoms with Crippen LogP contribution in [0.4, 0.5) is 0 Å². The van der Waals surface area contributed by atoms with Crippen molar-refractivity contribution in [3.05, 3.63) is 0 Å². The van der Waals surface area contributed by atoms with Crippen molar-refractivity contribution >= 4 is 5.91 Å². The maximum absolute atomic E-state index is 12.4. The molecule has 2 aliphatic heterocycles. The number of hydrogen-bond donors (Lipinski definition) is 1. The molecule has 4 nitrogen and oxygen atoms in total. The van der Waals surface area contributed by atoms with Crippen molar-refractivity contribution < 1.29 is 4.79 Å². The fourth-order valence-corrected chi connectivity index (χ4v) is 4.21. The molecule has 3 aliphatic rings. The van der Waals surface area contributed by atoms with Gasteiger partial charge in [-0.05, 0) is 44.2 Å². The quantitative estimate of drug-likeness (QED) is 0.828. The highest BCUT2D eigenvalue weighted by molar-refractivity contribution is 5.78. The van der Waals surface area contributed by atoms with Crippen LogP contribution in [0.2, 0.25) is 0 Å². The SMILES string of the molecule is O=C(CN1CCC2CCCCC2C1)N1CCCNCC1. The number of rotatable bonds is 2. The van der Waals surface area contributed by atoms with Gasteiger partial charge in [-0.1, -0.05) is 19.3 Å². The molecule has 0 aromatic heterocycles. The highest BCUT2D eigenvalue weighted by Crippen LogP contribution is 2.35. The lowest BCUT2D eigenvalue weighted by Gasteiger charge is -2.41. The van der Waals surface area contributed by atoms with Crippen LogP contribution in [0, 0.1) is 11.8 Å². The van der Waals surface area contributed by atoms with Crippen LogP contribution in [-0.2, 0) is 4.79 Å². The fourth-order valence-electron chi connectivity index (χ4n) is 4.21. The van der Waals surface area contributed by atoms with Crippen molar-refractivity contribution in [2.24, 2.45) is 11.8 Å². The molecule has 3 fully saturated rings. The zero-order valence-corrected chi connectivity index (χ0v) is 12.6. The standard InChI is InChI=1S/C16H29N3O/c20-16(19-9-3-7-17-8-11-19)13-18-10-6-14-4-1-2-5-15(14)12-18/h14-15,17H,1-13H2. The van der Waals surface area contributed by atoms with Crippen LogP contribution in [0.15, 0.2) is 0 Å². The zero-order valence-electron chi connectivity index (χ0n) is 12.6. The summed E-state index contributed by atoms with van der Waals surface area (Å²) < 4.78 is 0. The van der Waals surface area contributed by atoms with E-state index in [9.17, 15) is 4.79 Å². The van der Waals surface area contributed by atoms with E-state index < -0.39 is 0 Å². The Labute approximate surface area is 122 Å². The third-order valence-corrected chi connectivity index (χ3v) is 5.43. The number of carbonyl (C=O) groups excluding carboxylic acids is 1. The molecule has 20 heavy (non-hydrogen) atoms. The van der Waals surface area contributed by atoms with E-state index in [0.717, 1.165) is 51.0 Å². The van der Waals surface area contributed by atoms with Gasteiger partial charge in [0.2, 0.25) is 5.91 Å². The minimum Gasteiger partial charge on any atom is -0.340 e. The summed E-state index contributed by atoms with van der Waals surface area (Å²) in [5.74, 6) is 2.18. The van der Waals surface area contributed by atoms with E-state index in [2.05, 4.69) is 15.1 Å². The fraction of sp³-hybridized carbons (Fsp3) is 0.938. The highest BCUT2D eigenvalue weighted by atomic mass is 16.2. The number of piperidine rings is 1. The molecule has 2 unspecified atom stereocenters. The maximum Gasteiger partial charge on any atom is 0.236 e. The monoisotopic (exact) mass is 279 g/mol. The van der Waals surface area contributed by atoms with E-state index in [-0.39, 0.29) is 0 Å². The molecule has 114 valence electrons. The number of nitrogens with one attached hydrogen (secondary N) is 1. The summed E-state index contributed by atoms with van der Waals surface area (Å²) in [5, 5.41) is 3.37. The van der Waals surface area contributed by atoms with Crippen LogP contribution in [0.3, 0.4) is 0 Å². The van der Waals surface area contributed by atoms with Crippen molar-refractivity contribution in [3.63, 3.8) is 0 Å². The Kier molecular flexibility index (Phi) is 4.94. The van der Waals surface area contributed by atoms with E-state index in [1.165, 1.54) is 38.6 Å². The number of hydrogen-bond acceptors (Lipinski definition) is 3. The Bertz CT molecular complexity index is 326. The van der Waals surface area contributed by atoms with Crippen molar-refractivity contribution in [1.82, 2.24) is 15.1 Å². The minimum absolute atomic E-state index is 0.350. The Morgan fingerprint density at radius 1 is 0.950 bits per heavy atom. The molecule has 4 heteroatoms. The average Bonchev–Trinajstić information content (AvgIpc) is 2.76. The van der Waals surface area contributed by atoms with Crippen LogP contribution in [-0.4, -0.2) is 61.5 Å². The summed E-state index contributed by atoms with van der Waals surface area (Å²) >= 11 is 0. The van der Waals surface area contributed by atoms with Gasteiger partial charge in [0.15, 0.2) is 0 Å². The van der Waals surface area contributed by atoms with Crippen LogP contribution in [0.5, 0.6) is 0 Å². The van der Waals surface area contributed by atoms with E-state index in [4.69, 9.17) is 0 Å². The molecule has 2 atom stereocenters. The molecule has 1 saturated carbocycles. The van der Waals surface area contributed by atoms with Gasteiger partial charge in [0, 0.05) is 26.2 Å². The normalized spacial score (nSPS) is 32.5. The molecule has 2 saturated heterocycles. The minimum atomic E-state index is 0.350. The Hall–Kier alpha value is -0.610. The highest BCUT2D eigenvalue weighted by Gasteiger charge is 2.32. The van der Waals surface area contributed by atoms with Crippen molar-refractivity contribution in [2.45, 2.75) is 38.5 Å². The lowest BCUT2D eigenvalue weighted by atomic mass is 9.75. The number of carbonyl (C=O) groups is 1. The van der Waals surface area contributed by atoms with Crippen molar-refractivity contribution in [3.8, 4) is 0 Å². The molecule has 1 aliphatic carbocycles. The zero-order chi connectivity index (χ0) is 13.8. The van der Waals surface area contributed by atoms with Gasteiger partial charge >= 0.3 is 0 Å². The summed E-state index contributed by atoms with van der Waals surface area (Å²) in [6.45, 7) is 6.79. The second-order valence-electron chi connectivity index (χ2n) is 6.81. The van der Waals surface area contributed by atoms with Crippen molar-refractivity contribution in [1.29, 1.82) is 0 Å². The van der Waals surface area contributed by atoms with Crippen LogP contribution < -0.4 is 5.32 Å². The first-order valence-corrected chi connectivity index (χ1v) is 8.54. The van der Waals surface area contributed by atoms with Gasteiger partial charge < -0.3 is 10.2 Å². The van der Waals surface area contributed by atoms with Gasteiger partial charge in [-0.25, -0.2) is 0 Å². The molecular formula is C16H29N3O. The van der Waals surface area contributed by atoms with Gasteiger partial charge in [0.05, 0.1) is 6.54 Å². The van der Waals surface area contributed by atoms with Crippen LogP contribution >= 0.6 is 0 Å². The first-order valence-electron chi connectivity index (χ1n) is 8.54. The number of nitrogens with zero attached hydrogens (tertiary/aromatic N) is 2. The van der Waals surface area contributed by atoms with E-state index in [1.807, 2.05) is 0 Å². The third kappa shape index (κ3) is 3.53. The smallest absolute Gasteiger partial charge is 0.236 e. The number of likely N-dealkylation sites (tertiary alicyclic amines) is 1. The van der Waals surface area contributed by atoms with Gasteiger partial charge in [0.25, 0.3) is 0 Å². The second kappa shape index (κ2) is 6.90. The summed E-state index contributed by atoms with van der Waals surface area (Å²) in [5.41, 5.74) is 0. The Morgan fingerprint density at radius 2 is 1.80 bits per heavy atom. The van der Waals surface area contributed by atoms with Gasteiger partial charge in [-0.15, -0.1) is 0 Å². The van der Waals surface area contributed by atoms with Crippen LogP contribution in [0.25, 0.3) is 0 Å². The molecule has 0 spiro atoms. The summed E-state index contributed by atoms with van der Waals surface area (Å²) in [6, 6.07) is 0. The average molecular weight is 279 g/mol.